The van der Waals surface area contributed by atoms with Crippen LogP contribution in [0, 0.1) is 0 Å². The van der Waals surface area contributed by atoms with Gasteiger partial charge in [0.15, 0.2) is 10.9 Å². The second-order valence-corrected chi connectivity index (χ2v) is 5.42. The summed E-state index contributed by atoms with van der Waals surface area (Å²) in [5.41, 5.74) is 0.293. The van der Waals surface area contributed by atoms with Crippen LogP contribution in [0.5, 0.6) is 0 Å². The van der Waals surface area contributed by atoms with Crippen molar-refractivity contribution in [2.45, 2.75) is 6.92 Å². The van der Waals surface area contributed by atoms with E-state index in [1.165, 1.54) is 18.4 Å². The van der Waals surface area contributed by atoms with Crippen LogP contribution in [0.1, 0.15) is 27.8 Å². The van der Waals surface area contributed by atoms with Gasteiger partial charge in [0.1, 0.15) is 10.7 Å². The number of Topliss-reactive ketones (excluding diaryl/α,β-unsaturated/α-hetero) is 1. The smallest absolute Gasteiger partial charge is 0.338 e. The fraction of sp³-hybridized carbons (Fsp3) is 0.0909. The number of thiazole rings is 1. The Balaban J connectivity index is 2.03. The molecule has 2 rings (SSSR count). The van der Waals surface area contributed by atoms with Crippen LogP contribution in [0.3, 0.4) is 0 Å². The van der Waals surface area contributed by atoms with Gasteiger partial charge < -0.3 is 5.11 Å². The molecule has 2 heterocycles. The number of nitrogens with one attached hydrogen (secondary N) is 2. The minimum absolute atomic E-state index is 0.0220. The summed E-state index contributed by atoms with van der Waals surface area (Å²) in [6.45, 7) is 1.38. The average Bonchev–Trinajstić information content (AvgIpc) is 2.97. The molecule has 9 heteroatoms. The summed E-state index contributed by atoms with van der Waals surface area (Å²) in [7, 11) is 0. The van der Waals surface area contributed by atoms with Gasteiger partial charge in [-0.1, -0.05) is 0 Å². The maximum Gasteiger partial charge on any atom is 0.338 e. The summed E-state index contributed by atoms with van der Waals surface area (Å²) in [4.78, 5) is 37.6. The molecule has 0 saturated heterocycles. The van der Waals surface area contributed by atoms with E-state index in [1.54, 1.807) is 5.38 Å². The van der Waals surface area contributed by atoms with Crippen molar-refractivity contribution >= 4 is 50.6 Å². The lowest BCUT2D eigenvalue weighted by molar-refractivity contribution is 0.0698. The maximum absolute atomic E-state index is 11.7. The zero-order valence-electron chi connectivity index (χ0n) is 10.2. The Morgan fingerprint density at radius 1 is 1.25 bits per heavy atom. The van der Waals surface area contributed by atoms with Gasteiger partial charge in [0.05, 0.1) is 5.56 Å². The van der Waals surface area contributed by atoms with Crippen molar-refractivity contribution < 1.29 is 19.5 Å². The fourth-order valence-electron chi connectivity index (χ4n) is 1.30. The molecule has 0 spiro atoms. The van der Waals surface area contributed by atoms with Gasteiger partial charge >= 0.3 is 12.0 Å². The number of anilines is 2. The Kier molecular flexibility index (Phi) is 4.11. The van der Waals surface area contributed by atoms with E-state index in [1.807, 2.05) is 0 Å². The number of amides is 2. The molecule has 0 aliphatic carbocycles. The molecule has 0 bridgehead atoms. The highest BCUT2D eigenvalue weighted by Gasteiger charge is 2.15. The highest BCUT2D eigenvalue weighted by molar-refractivity contribution is 7.15. The number of aromatic nitrogens is 1. The van der Waals surface area contributed by atoms with E-state index >= 15 is 0 Å². The van der Waals surface area contributed by atoms with E-state index in [4.69, 9.17) is 5.11 Å². The topological polar surface area (TPSA) is 108 Å². The summed E-state index contributed by atoms with van der Waals surface area (Å²) in [6, 6.07) is 0.791. The van der Waals surface area contributed by atoms with E-state index in [-0.39, 0.29) is 27.2 Å². The molecule has 0 aromatic carbocycles. The first-order valence-corrected chi connectivity index (χ1v) is 7.08. The number of aromatic carboxylic acids is 1. The zero-order valence-corrected chi connectivity index (χ0v) is 11.8. The second-order valence-electron chi connectivity index (χ2n) is 3.64. The molecule has 0 fully saturated rings. The molecule has 7 nitrogen and oxygen atoms in total. The Bertz CT molecular complexity index is 677. The van der Waals surface area contributed by atoms with Crippen LogP contribution in [0.15, 0.2) is 16.8 Å². The molecule has 2 amide bonds. The van der Waals surface area contributed by atoms with E-state index < -0.39 is 12.0 Å². The van der Waals surface area contributed by atoms with Crippen LogP contribution in [-0.2, 0) is 0 Å². The van der Waals surface area contributed by atoms with E-state index in [0.717, 1.165) is 22.7 Å². The first-order valence-electron chi connectivity index (χ1n) is 5.32. The Morgan fingerprint density at radius 2 is 2.00 bits per heavy atom. The molecular formula is C11H9N3O4S2. The van der Waals surface area contributed by atoms with Gasteiger partial charge in [-0.05, 0) is 11.4 Å². The van der Waals surface area contributed by atoms with Crippen molar-refractivity contribution in [2.75, 3.05) is 10.6 Å². The number of thiophene rings is 1. The monoisotopic (exact) mass is 311 g/mol. The molecule has 0 saturated carbocycles. The Labute approximate surface area is 121 Å². The van der Waals surface area contributed by atoms with Gasteiger partial charge in [-0.15, -0.1) is 22.7 Å². The summed E-state index contributed by atoms with van der Waals surface area (Å²) < 4.78 is 0. The lowest BCUT2D eigenvalue weighted by Crippen LogP contribution is -2.20. The first kappa shape index (κ1) is 14.2. The van der Waals surface area contributed by atoms with Gasteiger partial charge in [-0.2, -0.15) is 0 Å². The summed E-state index contributed by atoms with van der Waals surface area (Å²) in [5, 5.41) is 17.4. The number of carboxylic acids is 1. The minimum Gasteiger partial charge on any atom is -0.478 e. The molecular weight excluding hydrogens is 302 g/mol. The van der Waals surface area contributed by atoms with Gasteiger partial charge in [-0.3, -0.25) is 15.4 Å². The van der Waals surface area contributed by atoms with Gasteiger partial charge in [0, 0.05) is 12.3 Å². The van der Waals surface area contributed by atoms with Crippen LogP contribution in [-0.4, -0.2) is 27.9 Å². The highest BCUT2D eigenvalue weighted by atomic mass is 32.1. The van der Waals surface area contributed by atoms with Crippen LogP contribution in [0.2, 0.25) is 0 Å². The normalized spacial score (nSPS) is 10.1. The third-order valence-electron chi connectivity index (χ3n) is 2.21. The molecule has 3 N–H and O–H groups in total. The van der Waals surface area contributed by atoms with E-state index in [0.29, 0.717) is 0 Å². The zero-order chi connectivity index (χ0) is 14.7. The van der Waals surface area contributed by atoms with Crippen molar-refractivity contribution in [2.24, 2.45) is 0 Å². The molecule has 104 valence electrons. The lowest BCUT2D eigenvalue weighted by Gasteiger charge is -2.04. The summed E-state index contributed by atoms with van der Waals surface area (Å²) >= 11 is 2.22. The van der Waals surface area contributed by atoms with E-state index in [2.05, 4.69) is 15.6 Å². The second kappa shape index (κ2) is 5.80. The number of carboxylic acid groups (broad SMARTS) is 1. The van der Waals surface area contributed by atoms with Crippen LogP contribution in [0.25, 0.3) is 0 Å². The molecule has 0 atom stereocenters. The molecule has 2 aromatic heterocycles. The summed E-state index contributed by atoms with van der Waals surface area (Å²) in [6.07, 6.45) is 0. The van der Waals surface area contributed by atoms with Crippen LogP contribution >= 0.6 is 22.7 Å². The fourth-order valence-corrected chi connectivity index (χ4v) is 2.82. The predicted molar refractivity (Wildman–Crippen MR) is 76.0 cm³/mol. The van der Waals surface area contributed by atoms with Crippen LogP contribution in [0.4, 0.5) is 14.9 Å². The summed E-state index contributed by atoms with van der Waals surface area (Å²) in [5.74, 6) is -1.31. The number of urea groups is 1. The van der Waals surface area contributed by atoms with Gasteiger partial charge in [-0.25, -0.2) is 14.6 Å². The number of ketones is 1. The maximum atomic E-state index is 11.7. The first-order chi connectivity index (χ1) is 9.47. The molecule has 2 aromatic rings. The van der Waals surface area contributed by atoms with Gasteiger partial charge in [0.25, 0.3) is 0 Å². The van der Waals surface area contributed by atoms with Crippen molar-refractivity contribution in [3.63, 3.8) is 0 Å². The Morgan fingerprint density at radius 3 is 2.60 bits per heavy atom. The third kappa shape index (κ3) is 3.19. The lowest BCUT2D eigenvalue weighted by atomic mass is 10.3. The Hall–Kier alpha value is -2.26. The third-order valence-corrected chi connectivity index (χ3v) is 3.80. The SMILES string of the molecule is CC(=O)c1csc(NC(=O)Nc2sccc2C(=O)O)n1. The number of rotatable bonds is 4. The number of carbonyl (C=O) groups excluding carboxylic acids is 2. The van der Waals surface area contributed by atoms with Crippen molar-refractivity contribution in [1.82, 2.24) is 4.98 Å². The van der Waals surface area contributed by atoms with Crippen molar-refractivity contribution in [1.29, 1.82) is 0 Å². The van der Waals surface area contributed by atoms with Crippen LogP contribution < -0.4 is 10.6 Å². The molecule has 0 unspecified atom stereocenters. The molecule has 20 heavy (non-hydrogen) atoms. The molecule has 0 aliphatic rings. The number of hydrogen-bond donors (Lipinski definition) is 3. The number of hydrogen-bond acceptors (Lipinski definition) is 6. The standard InChI is InChI=1S/C11H9N3O4S2/c1-5(15)7-4-20-11(12-7)14-10(18)13-8-6(9(16)17)2-3-19-8/h2-4H,1H3,(H,16,17)(H2,12,13,14,18). The largest absolute Gasteiger partial charge is 0.478 e. The van der Waals surface area contributed by atoms with E-state index in [9.17, 15) is 14.4 Å². The average molecular weight is 311 g/mol. The number of nitrogens with zero attached hydrogens (tertiary/aromatic N) is 1. The minimum atomic E-state index is -1.12. The molecule has 0 aliphatic heterocycles. The number of carbonyl (C=O) groups is 3. The highest BCUT2D eigenvalue weighted by Crippen LogP contribution is 2.23. The van der Waals surface area contributed by atoms with Crippen molar-refractivity contribution in [3.05, 3.63) is 28.1 Å². The van der Waals surface area contributed by atoms with Gasteiger partial charge in [0.2, 0.25) is 0 Å². The quantitative estimate of drug-likeness (QED) is 0.752. The molecule has 0 radical (unpaired) electrons. The van der Waals surface area contributed by atoms with Crippen molar-refractivity contribution in [3.8, 4) is 0 Å². The predicted octanol–water partition coefficient (Wildman–Crippen LogP) is 2.75.